The monoisotopic (exact) mass is 329 g/mol. The molecule has 1 aliphatic rings. The van der Waals surface area contributed by atoms with Crippen molar-refractivity contribution in [2.45, 2.75) is 26.2 Å². The van der Waals surface area contributed by atoms with Gasteiger partial charge in [-0.2, -0.15) is 0 Å². The zero-order valence-electron chi connectivity index (χ0n) is 13.2. The molecular formula is C18H19NO3S. The second-order valence-electron chi connectivity index (χ2n) is 5.71. The van der Waals surface area contributed by atoms with Gasteiger partial charge in [0, 0.05) is 16.4 Å². The molecule has 4 nitrogen and oxygen atoms in total. The number of amides is 1. The first-order valence-corrected chi connectivity index (χ1v) is 8.51. The maximum Gasteiger partial charge on any atom is 0.341 e. The van der Waals surface area contributed by atoms with Crippen LogP contribution in [-0.4, -0.2) is 19.0 Å². The molecule has 0 radical (unpaired) electrons. The van der Waals surface area contributed by atoms with E-state index in [2.05, 4.69) is 5.32 Å². The molecule has 5 heteroatoms. The van der Waals surface area contributed by atoms with Gasteiger partial charge in [0.15, 0.2) is 0 Å². The van der Waals surface area contributed by atoms with Gasteiger partial charge in [-0.15, -0.1) is 11.3 Å². The summed E-state index contributed by atoms with van der Waals surface area (Å²) in [6, 6.07) is 9.71. The van der Waals surface area contributed by atoms with Crippen LogP contribution in [-0.2, 0) is 9.53 Å². The van der Waals surface area contributed by atoms with E-state index in [4.69, 9.17) is 4.74 Å². The fourth-order valence-electron chi connectivity index (χ4n) is 2.77. The van der Waals surface area contributed by atoms with E-state index < -0.39 is 5.97 Å². The molecule has 0 aliphatic heterocycles. The first-order valence-electron chi connectivity index (χ1n) is 7.69. The predicted molar refractivity (Wildman–Crippen MR) is 91.8 cm³/mol. The Bertz CT molecular complexity index is 732. The third-order valence-corrected chi connectivity index (χ3v) is 5.27. The lowest BCUT2D eigenvalue weighted by atomic mass is 9.85. The number of carbonyl (C=O) groups is 2. The number of anilines is 1. The van der Waals surface area contributed by atoms with Crippen LogP contribution < -0.4 is 5.32 Å². The van der Waals surface area contributed by atoms with Crippen LogP contribution in [0.3, 0.4) is 0 Å². The third-order valence-electron chi connectivity index (χ3n) is 4.25. The van der Waals surface area contributed by atoms with E-state index in [9.17, 15) is 9.59 Å². The Morgan fingerprint density at radius 2 is 1.91 bits per heavy atom. The summed E-state index contributed by atoms with van der Waals surface area (Å²) in [6.45, 7) is 1.96. The summed E-state index contributed by atoms with van der Waals surface area (Å²) < 4.78 is 4.95. The highest BCUT2D eigenvalue weighted by Crippen LogP contribution is 2.41. The standard InChI is InChI=1S/C18H19NO3S/c1-11-14(12-7-4-3-5-8-12)15(18(21)22-2)17(23-11)19-16(20)13-9-6-10-13/h3-5,7-8,13H,6,9-10H2,1-2H3,(H,19,20). The SMILES string of the molecule is COC(=O)c1c(NC(=O)C2CCC2)sc(C)c1-c1ccccc1. The summed E-state index contributed by atoms with van der Waals surface area (Å²) in [5.74, 6) is -0.345. The minimum absolute atomic E-state index is 0.00210. The molecule has 1 fully saturated rings. The van der Waals surface area contributed by atoms with Crippen molar-refractivity contribution in [2.24, 2.45) is 5.92 Å². The van der Waals surface area contributed by atoms with Crippen molar-refractivity contribution in [3.8, 4) is 11.1 Å². The van der Waals surface area contributed by atoms with Crippen LogP contribution >= 0.6 is 11.3 Å². The van der Waals surface area contributed by atoms with E-state index in [1.54, 1.807) is 0 Å². The number of carbonyl (C=O) groups excluding carboxylic acids is 2. The minimum Gasteiger partial charge on any atom is -0.465 e. The fraction of sp³-hybridized carbons (Fsp3) is 0.333. The first-order chi connectivity index (χ1) is 11.1. The van der Waals surface area contributed by atoms with Gasteiger partial charge < -0.3 is 10.1 Å². The molecular weight excluding hydrogens is 310 g/mol. The molecule has 0 atom stereocenters. The van der Waals surface area contributed by atoms with Gasteiger partial charge in [-0.25, -0.2) is 4.79 Å². The molecule has 1 amide bonds. The Labute approximate surface area is 139 Å². The molecule has 0 bridgehead atoms. The zero-order chi connectivity index (χ0) is 16.4. The van der Waals surface area contributed by atoms with Gasteiger partial charge >= 0.3 is 5.97 Å². The Kier molecular flexibility index (Phi) is 4.48. The van der Waals surface area contributed by atoms with Crippen LogP contribution in [0, 0.1) is 12.8 Å². The van der Waals surface area contributed by atoms with Crippen molar-refractivity contribution < 1.29 is 14.3 Å². The summed E-state index contributed by atoms with van der Waals surface area (Å²) in [5, 5.41) is 3.53. The van der Waals surface area contributed by atoms with Gasteiger partial charge in [0.2, 0.25) is 5.91 Å². The van der Waals surface area contributed by atoms with E-state index in [1.165, 1.54) is 18.4 Å². The van der Waals surface area contributed by atoms with Gasteiger partial charge in [0.05, 0.1) is 7.11 Å². The molecule has 1 aromatic heterocycles. The molecule has 0 unspecified atom stereocenters. The molecule has 1 N–H and O–H groups in total. The molecule has 1 saturated carbocycles. The second-order valence-corrected chi connectivity index (χ2v) is 6.94. The van der Waals surface area contributed by atoms with Gasteiger partial charge in [-0.3, -0.25) is 4.79 Å². The minimum atomic E-state index is -0.419. The van der Waals surface area contributed by atoms with Gasteiger partial charge in [0.1, 0.15) is 10.6 Å². The second kappa shape index (κ2) is 6.54. The molecule has 0 saturated heterocycles. The topological polar surface area (TPSA) is 55.4 Å². The molecule has 3 rings (SSSR count). The molecule has 1 aromatic carbocycles. The number of nitrogens with one attached hydrogen (secondary N) is 1. The lowest BCUT2D eigenvalue weighted by Gasteiger charge is -2.23. The van der Waals surface area contributed by atoms with Crippen molar-refractivity contribution >= 4 is 28.2 Å². The van der Waals surface area contributed by atoms with Crippen LogP contribution in [0.1, 0.15) is 34.5 Å². The summed E-state index contributed by atoms with van der Waals surface area (Å²) in [4.78, 5) is 25.6. The smallest absolute Gasteiger partial charge is 0.341 e. The highest BCUT2D eigenvalue weighted by Gasteiger charge is 2.29. The number of esters is 1. The van der Waals surface area contributed by atoms with E-state index >= 15 is 0 Å². The summed E-state index contributed by atoms with van der Waals surface area (Å²) in [6.07, 6.45) is 2.95. The number of hydrogen-bond donors (Lipinski definition) is 1. The summed E-state index contributed by atoms with van der Waals surface area (Å²) in [7, 11) is 1.36. The van der Waals surface area contributed by atoms with Crippen molar-refractivity contribution in [1.82, 2.24) is 0 Å². The highest BCUT2D eigenvalue weighted by atomic mass is 32.1. The van der Waals surface area contributed by atoms with Crippen molar-refractivity contribution in [2.75, 3.05) is 12.4 Å². The quantitative estimate of drug-likeness (QED) is 0.853. The summed E-state index contributed by atoms with van der Waals surface area (Å²) in [5.41, 5.74) is 2.24. The number of benzene rings is 1. The fourth-order valence-corrected chi connectivity index (χ4v) is 3.83. The Morgan fingerprint density at radius 3 is 2.48 bits per heavy atom. The molecule has 1 aliphatic carbocycles. The maximum absolute atomic E-state index is 12.3. The van der Waals surface area contributed by atoms with Crippen LogP contribution in [0.5, 0.6) is 0 Å². The number of aryl methyl sites for hydroxylation is 1. The van der Waals surface area contributed by atoms with Crippen molar-refractivity contribution in [3.63, 3.8) is 0 Å². The third kappa shape index (κ3) is 3.01. The lowest BCUT2D eigenvalue weighted by Crippen LogP contribution is -2.28. The number of hydrogen-bond acceptors (Lipinski definition) is 4. The lowest BCUT2D eigenvalue weighted by molar-refractivity contribution is -0.122. The predicted octanol–water partition coefficient (Wildman–Crippen LogP) is 4.25. The van der Waals surface area contributed by atoms with Gasteiger partial charge in [-0.05, 0) is 25.3 Å². The van der Waals surface area contributed by atoms with Crippen LogP contribution in [0.25, 0.3) is 11.1 Å². The molecule has 1 heterocycles. The van der Waals surface area contributed by atoms with Gasteiger partial charge in [0.25, 0.3) is 0 Å². The normalized spacial score (nSPS) is 14.2. The largest absolute Gasteiger partial charge is 0.465 e. The molecule has 120 valence electrons. The van der Waals surface area contributed by atoms with Crippen LogP contribution in [0.4, 0.5) is 5.00 Å². The average molecular weight is 329 g/mol. The molecule has 0 spiro atoms. The van der Waals surface area contributed by atoms with Crippen LogP contribution in [0.15, 0.2) is 30.3 Å². The van der Waals surface area contributed by atoms with E-state index in [0.29, 0.717) is 10.6 Å². The Balaban J connectivity index is 2.02. The van der Waals surface area contributed by atoms with Crippen LogP contribution in [0.2, 0.25) is 0 Å². The number of thiophene rings is 1. The number of rotatable bonds is 4. The van der Waals surface area contributed by atoms with E-state index in [-0.39, 0.29) is 11.8 Å². The van der Waals surface area contributed by atoms with Crippen molar-refractivity contribution in [3.05, 3.63) is 40.8 Å². The first kappa shape index (κ1) is 15.7. The zero-order valence-corrected chi connectivity index (χ0v) is 14.0. The van der Waals surface area contributed by atoms with E-state index in [1.807, 2.05) is 37.3 Å². The van der Waals surface area contributed by atoms with Gasteiger partial charge in [-0.1, -0.05) is 36.8 Å². The average Bonchev–Trinajstić information content (AvgIpc) is 2.81. The molecule has 2 aromatic rings. The van der Waals surface area contributed by atoms with E-state index in [0.717, 1.165) is 35.3 Å². The Morgan fingerprint density at radius 1 is 1.22 bits per heavy atom. The Hall–Kier alpha value is -2.14. The molecule has 23 heavy (non-hydrogen) atoms. The summed E-state index contributed by atoms with van der Waals surface area (Å²) >= 11 is 1.43. The maximum atomic E-state index is 12.3. The number of methoxy groups -OCH3 is 1. The highest BCUT2D eigenvalue weighted by molar-refractivity contribution is 7.17. The number of ether oxygens (including phenoxy) is 1. The van der Waals surface area contributed by atoms with Crippen molar-refractivity contribution in [1.29, 1.82) is 0 Å².